The van der Waals surface area contributed by atoms with Gasteiger partial charge in [0.15, 0.2) is 6.61 Å². The SMILES string of the molecule is O=C(COc1ccccc1)Nc1cc(Cl)ccc1N1CCCCCC1. The van der Waals surface area contributed by atoms with Gasteiger partial charge in [0.2, 0.25) is 0 Å². The Morgan fingerprint density at radius 3 is 2.48 bits per heavy atom. The summed E-state index contributed by atoms with van der Waals surface area (Å²) in [6.07, 6.45) is 4.87. The maximum atomic E-state index is 12.3. The van der Waals surface area contributed by atoms with Crippen molar-refractivity contribution in [2.45, 2.75) is 25.7 Å². The normalized spacial score (nSPS) is 14.7. The molecule has 1 amide bonds. The van der Waals surface area contributed by atoms with Crippen molar-refractivity contribution < 1.29 is 9.53 Å². The number of para-hydroxylation sites is 1. The van der Waals surface area contributed by atoms with Gasteiger partial charge >= 0.3 is 0 Å². The molecule has 0 spiro atoms. The van der Waals surface area contributed by atoms with E-state index in [9.17, 15) is 4.79 Å². The highest BCUT2D eigenvalue weighted by atomic mass is 35.5. The molecule has 3 rings (SSSR count). The van der Waals surface area contributed by atoms with Gasteiger partial charge in [-0.1, -0.05) is 42.6 Å². The number of nitrogens with one attached hydrogen (secondary N) is 1. The summed E-state index contributed by atoms with van der Waals surface area (Å²) in [6.45, 7) is 1.98. The van der Waals surface area contributed by atoms with Crippen LogP contribution in [0.4, 0.5) is 11.4 Å². The highest BCUT2D eigenvalue weighted by molar-refractivity contribution is 6.31. The molecule has 0 aliphatic carbocycles. The van der Waals surface area contributed by atoms with E-state index in [1.165, 1.54) is 25.7 Å². The number of carbonyl (C=O) groups excluding carboxylic acids is 1. The maximum Gasteiger partial charge on any atom is 0.262 e. The van der Waals surface area contributed by atoms with Gasteiger partial charge in [-0.15, -0.1) is 0 Å². The highest BCUT2D eigenvalue weighted by Crippen LogP contribution is 2.31. The fourth-order valence-electron chi connectivity index (χ4n) is 3.05. The van der Waals surface area contributed by atoms with Crippen LogP contribution in [0.1, 0.15) is 25.7 Å². The van der Waals surface area contributed by atoms with Crippen LogP contribution in [0.15, 0.2) is 48.5 Å². The monoisotopic (exact) mass is 358 g/mol. The van der Waals surface area contributed by atoms with E-state index >= 15 is 0 Å². The highest BCUT2D eigenvalue weighted by Gasteiger charge is 2.16. The van der Waals surface area contributed by atoms with Crippen molar-refractivity contribution in [1.29, 1.82) is 0 Å². The van der Waals surface area contributed by atoms with Gasteiger partial charge in [-0.3, -0.25) is 4.79 Å². The Balaban J connectivity index is 1.68. The van der Waals surface area contributed by atoms with Crippen LogP contribution in [0, 0.1) is 0 Å². The van der Waals surface area contributed by atoms with E-state index in [2.05, 4.69) is 10.2 Å². The van der Waals surface area contributed by atoms with E-state index < -0.39 is 0 Å². The zero-order valence-corrected chi connectivity index (χ0v) is 15.0. The summed E-state index contributed by atoms with van der Waals surface area (Å²) in [6, 6.07) is 15.0. The second-order valence-corrected chi connectivity index (χ2v) is 6.65. The molecule has 1 saturated heterocycles. The van der Waals surface area contributed by atoms with Gasteiger partial charge in [-0.2, -0.15) is 0 Å². The van der Waals surface area contributed by atoms with Crippen LogP contribution in [0.5, 0.6) is 5.75 Å². The van der Waals surface area contributed by atoms with Crippen LogP contribution in [-0.4, -0.2) is 25.6 Å². The molecule has 1 fully saturated rings. The summed E-state index contributed by atoms with van der Waals surface area (Å²) < 4.78 is 5.52. The predicted octanol–water partition coefficient (Wildman–Crippen LogP) is 4.74. The third kappa shape index (κ3) is 5.13. The summed E-state index contributed by atoms with van der Waals surface area (Å²) in [5.41, 5.74) is 1.77. The molecule has 0 bridgehead atoms. The molecule has 2 aromatic rings. The van der Waals surface area contributed by atoms with E-state index in [4.69, 9.17) is 16.3 Å². The summed E-state index contributed by atoms with van der Waals surface area (Å²) in [4.78, 5) is 14.6. The van der Waals surface area contributed by atoms with Crippen LogP contribution in [0.3, 0.4) is 0 Å². The lowest BCUT2D eigenvalue weighted by Crippen LogP contribution is -2.27. The quantitative estimate of drug-likeness (QED) is 0.839. The van der Waals surface area contributed by atoms with E-state index in [1.807, 2.05) is 48.5 Å². The number of rotatable bonds is 5. The summed E-state index contributed by atoms with van der Waals surface area (Å²) in [7, 11) is 0. The van der Waals surface area contributed by atoms with Crippen molar-refractivity contribution in [3.8, 4) is 5.75 Å². The van der Waals surface area contributed by atoms with Crippen LogP contribution < -0.4 is 15.0 Å². The zero-order valence-electron chi connectivity index (χ0n) is 14.2. The minimum Gasteiger partial charge on any atom is -0.484 e. The van der Waals surface area contributed by atoms with E-state index in [1.54, 1.807) is 0 Å². The fraction of sp³-hybridized carbons (Fsp3) is 0.350. The van der Waals surface area contributed by atoms with Gasteiger partial charge in [-0.25, -0.2) is 0 Å². The average Bonchev–Trinajstić information content (AvgIpc) is 2.90. The van der Waals surface area contributed by atoms with Crippen molar-refractivity contribution in [3.63, 3.8) is 0 Å². The van der Waals surface area contributed by atoms with Gasteiger partial charge in [0.1, 0.15) is 5.75 Å². The number of nitrogens with zero attached hydrogens (tertiary/aromatic N) is 1. The smallest absolute Gasteiger partial charge is 0.262 e. The van der Waals surface area contributed by atoms with Gasteiger partial charge in [0.25, 0.3) is 5.91 Å². The lowest BCUT2D eigenvalue weighted by Gasteiger charge is -2.25. The molecule has 25 heavy (non-hydrogen) atoms. The molecule has 132 valence electrons. The molecule has 0 saturated carbocycles. The lowest BCUT2D eigenvalue weighted by molar-refractivity contribution is -0.118. The Kier molecular flexibility index (Phi) is 6.18. The second kappa shape index (κ2) is 8.77. The minimum atomic E-state index is -0.192. The van der Waals surface area contributed by atoms with Crippen LogP contribution in [0.2, 0.25) is 5.02 Å². The molecule has 0 unspecified atom stereocenters. The van der Waals surface area contributed by atoms with Crippen LogP contribution >= 0.6 is 11.6 Å². The van der Waals surface area contributed by atoms with Crippen molar-refractivity contribution in [3.05, 3.63) is 53.6 Å². The summed E-state index contributed by atoms with van der Waals surface area (Å²) >= 11 is 6.14. The van der Waals surface area contributed by atoms with Crippen molar-refractivity contribution in [2.24, 2.45) is 0 Å². The van der Waals surface area contributed by atoms with Crippen molar-refractivity contribution in [1.82, 2.24) is 0 Å². The number of amides is 1. The van der Waals surface area contributed by atoms with Crippen molar-refractivity contribution in [2.75, 3.05) is 29.9 Å². The second-order valence-electron chi connectivity index (χ2n) is 6.21. The van der Waals surface area contributed by atoms with Crippen molar-refractivity contribution >= 4 is 28.9 Å². The first kappa shape index (κ1) is 17.6. The molecule has 1 heterocycles. The standard InChI is InChI=1S/C20H23ClN2O2/c21-16-10-11-19(23-12-6-1-2-7-13-23)18(14-16)22-20(24)15-25-17-8-4-3-5-9-17/h3-5,8-11,14H,1-2,6-7,12-13,15H2,(H,22,24). The number of ether oxygens (including phenoxy) is 1. The topological polar surface area (TPSA) is 41.6 Å². The first-order valence-corrected chi connectivity index (χ1v) is 9.12. The Morgan fingerprint density at radius 2 is 1.76 bits per heavy atom. The molecule has 1 aliphatic heterocycles. The third-order valence-electron chi connectivity index (χ3n) is 4.29. The summed E-state index contributed by atoms with van der Waals surface area (Å²) in [5.74, 6) is 0.485. The zero-order chi connectivity index (χ0) is 17.5. The lowest BCUT2D eigenvalue weighted by atomic mass is 10.2. The molecule has 4 nitrogen and oxygen atoms in total. The fourth-order valence-corrected chi connectivity index (χ4v) is 3.22. The van der Waals surface area contributed by atoms with Crippen LogP contribution in [0.25, 0.3) is 0 Å². The van der Waals surface area contributed by atoms with E-state index in [-0.39, 0.29) is 12.5 Å². The molecule has 2 aromatic carbocycles. The minimum absolute atomic E-state index is 0.0318. The molecular formula is C20H23ClN2O2. The van der Waals surface area contributed by atoms with Crippen LogP contribution in [-0.2, 0) is 4.79 Å². The first-order valence-electron chi connectivity index (χ1n) is 8.74. The van der Waals surface area contributed by atoms with Gasteiger partial charge in [-0.05, 0) is 43.2 Å². The third-order valence-corrected chi connectivity index (χ3v) is 4.53. The number of anilines is 2. The molecule has 5 heteroatoms. The van der Waals surface area contributed by atoms with Gasteiger partial charge in [0, 0.05) is 18.1 Å². The Hall–Kier alpha value is -2.20. The van der Waals surface area contributed by atoms with Gasteiger partial charge < -0.3 is 15.0 Å². The van der Waals surface area contributed by atoms with Gasteiger partial charge in [0.05, 0.1) is 11.4 Å². The largest absolute Gasteiger partial charge is 0.484 e. The number of hydrogen-bond donors (Lipinski definition) is 1. The predicted molar refractivity (Wildman–Crippen MR) is 103 cm³/mol. The Bertz CT molecular complexity index is 698. The molecule has 0 aromatic heterocycles. The maximum absolute atomic E-state index is 12.3. The van der Waals surface area contributed by atoms with E-state index in [0.717, 1.165) is 24.5 Å². The molecule has 1 N–H and O–H groups in total. The molecule has 0 atom stereocenters. The summed E-state index contributed by atoms with van der Waals surface area (Å²) in [5, 5.41) is 3.56. The molecule has 1 aliphatic rings. The molecular weight excluding hydrogens is 336 g/mol. The average molecular weight is 359 g/mol. The first-order chi connectivity index (χ1) is 12.2. The Labute approximate surface area is 153 Å². The number of halogens is 1. The van der Waals surface area contributed by atoms with E-state index in [0.29, 0.717) is 10.8 Å². The number of hydrogen-bond acceptors (Lipinski definition) is 3. The Morgan fingerprint density at radius 1 is 1.04 bits per heavy atom. The molecule has 0 radical (unpaired) electrons. The number of benzene rings is 2. The number of carbonyl (C=O) groups is 1.